The first kappa shape index (κ1) is 21.4. The van der Waals surface area contributed by atoms with Crippen molar-refractivity contribution in [1.82, 2.24) is 0 Å². The van der Waals surface area contributed by atoms with Crippen LogP contribution in [0.25, 0.3) is 21.6 Å². The first-order chi connectivity index (χ1) is 13.8. The van der Waals surface area contributed by atoms with Crippen LogP contribution >= 0.6 is 23.1 Å². The summed E-state index contributed by atoms with van der Waals surface area (Å²) < 4.78 is 27.1. The lowest BCUT2D eigenvalue weighted by Gasteiger charge is -2.12. The highest BCUT2D eigenvalue weighted by molar-refractivity contribution is 8.00. The van der Waals surface area contributed by atoms with Gasteiger partial charge in [0.15, 0.2) is 0 Å². The summed E-state index contributed by atoms with van der Waals surface area (Å²) in [5.74, 6) is -0.795. The Morgan fingerprint density at radius 1 is 1.00 bits per heavy atom. The summed E-state index contributed by atoms with van der Waals surface area (Å²) in [6.07, 6.45) is 0. The van der Waals surface area contributed by atoms with Crippen LogP contribution < -0.4 is 4.72 Å². The largest absolute Gasteiger partial charge is 0.481 e. The number of anilines is 1. The number of benzene rings is 2. The van der Waals surface area contributed by atoms with Gasteiger partial charge in [-0.2, -0.15) is 0 Å². The number of thioether (sulfide) groups is 1. The normalized spacial score (nSPS) is 11.6. The first-order valence-electron chi connectivity index (χ1n) is 8.91. The monoisotopic (exact) mass is 447 g/mol. The van der Waals surface area contributed by atoms with E-state index in [9.17, 15) is 13.2 Å². The minimum Gasteiger partial charge on any atom is -0.481 e. The third kappa shape index (κ3) is 5.41. The fourth-order valence-electron chi connectivity index (χ4n) is 2.59. The van der Waals surface area contributed by atoms with Crippen molar-refractivity contribution in [2.75, 3.05) is 10.5 Å². The minimum absolute atomic E-state index is 0.0394. The fraction of sp³-hybridized carbons (Fsp3) is 0.190. The van der Waals surface area contributed by atoms with Gasteiger partial charge in [-0.05, 0) is 54.1 Å². The second kappa shape index (κ2) is 9.02. The molecular formula is C21H21NO4S3. The molecule has 3 rings (SSSR count). The molecule has 1 heterocycles. The van der Waals surface area contributed by atoms with Gasteiger partial charge in [-0.1, -0.05) is 36.4 Å². The van der Waals surface area contributed by atoms with Crippen LogP contribution in [0, 0.1) is 0 Å². The van der Waals surface area contributed by atoms with Crippen molar-refractivity contribution in [3.63, 3.8) is 0 Å². The Bertz CT molecular complexity index is 1090. The molecule has 0 atom stereocenters. The van der Waals surface area contributed by atoms with E-state index >= 15 is 0 Å². The molecule has 2 aromatic carbocycles. The summed E-state index contributed by atoms with van der Waals surface area (Å²) in [5.41, 5.74) is 3.60. The van der Waals surface area contributed by atoms with Crippen molar-refractivity contribution >= 4 is 44.8 Å². The number of aliphatic carboxylic acids is 1. The van der Waals surface area contributed by atoms with Gasteiger partial charge in [-0.25, -0.2) is 8.42 Å². The van der Waals surface area contributed by atoms with E-state index in [0.29, 0.717) is 5.69 Å². The lowest BCUT2D eigenvalue weighted by molar-refractivity contribution is -0.133. The quantitative estimate of drug-likeness (QED) is 0.451. The first-order valence-corrected chi connectivity index (χ1v) is 12.3. The number of carbonyl (C=O) groups is 1. The predicted molar refractivity (Wildman–Crippen MR) is 121 cm³/mol. The van der Waals surface area contributed by atoms with Crippen LogP contribution in [0.1, 0.15) is 13.8 Å². The van der Waals surface area contributed by atoms with Gasteiger partial charge in [-0.15, -0.1) is 23.1 Å². The van der Waals surface area contributed by atoms with E-state index in [4.69, 9.17) is 5.11 Å². The molecule has 0 aliphatic carbocycles. The third-order valence-electron chi connectivity index (χ3n) is 4.24. The summed E-state index contributed by atoms with van der Waals surface area (Å²) in [5, 5.41) is 10.1. The second-order valence-electron chi connectivity index (χ2n) is 6.64. The summed E-state index contributed by atoms with van der Waals surface area (Å²) in [6.45, 7) is 3.29. The van der Waals surface area contributed by atoms with Crippen molar-refractivity contribution in [2.45, 2.75) is 24.0 Å². The van der Waals surface area contributed by atoms with Gasteiger partial charge in [0.05, 0.1) is 21.6 Å². The van der Waals surface area contributed by atoms with Gasteiger partial charge in [0, 0.05) is 4.90 Å². The molecule has 0 amide bonds. The molecule has 1 aromatic heterocycles. The van der Waals surface area contributed by atoms with Crippen molar-refractivity contribution in [1.29, 1.82) is 0 Å². The lowest BCUT2D eigenvalue weighted by Crippen LogP contribution is -2.22. The maximum absolute atomic E-state index is 12.2. The van der Waals surface area contributed by atoms with Crippen LogP contribution in [0.2, 0.25) is 0 Å². The second-order valence-corrected chi connectivity index (χ2v) is 10.8. The predicted octanol–water partition coefficient (Wildman–Crippen LogP) is 5.41. The Balaban J connectivity index is 1.78. The maximum Gasteiger partial charge on any atom is 0.313 e. The molecule has 0 aliphatic rings. The van der Waals surface area contributed by atoms with E-state index in [1.165, 1.54) is 23.1 Å². The fourth-order valence-corrected chi connectivity index (χ4v) is 4.84. The number of rotatable bonds is 8. The summed E-state index contributed by atoms with van der Waals surface area (Å²) in [4.78, 5) is 12.5. The molecule has 0 aliphatic heterocycles. The van der Waals surface area contributed by atoms with E-state index in [1.54, 1.807) is 19.9 Å². The summed E-state index contributed by atoms with van der Waals surface area (Å²) in [7, 11) is -3.40. The van der Waals surface area contributed by atoms with Crippen LogP contribution in [0.3, 0.4) is 0 Å². The summed E-state index contributed by atoms with van der Waals surface area (Å²) >= 11 is 2.78. The molecule has 5 nitrogen and oxygen atoms in total. The molecule has 29 heavy (non-hydrogen) atoms. The smallest absolute Gasteiger partial charge is 0.313 e. The number of carboxylic acids is 1. The van der Waals surface area contributed by atoms with E-state index in [1.807, 2.05) is 53.9 Å². The number of thiophene rings is 1. The van der Waals surface area contributed by atoms with E-state index in [-0.39, 0.29) is 5.75 Å². The highest BCUT2D eigenvalue weighted by Gasteiger charge is 2.18. The average molecular weight is 448 g/mol. The van der Waals surface area contributed by atoms with Gasteiger partial charge >= 0.3 is 5.97 Å². The van der Waals surface area contributed by atoms with Crippen molar-refractivity contribution < 1.29 is 18.3 Å². The molecule has 0 unspecified atom stereocenters. The number of carboxylic acid groups (broad SMARTS) is 1. The van der Waals surface area contributed by atoms with Gasteiger partial charge in [0.2, 0.25) is 10.0 Å². The Kier molecular flexibility index (Phi) is 6.66. The Hall–Kier alpha value is -2.29. The molecule has 0 radical (unpaired) electrons. The van der Waals surface area contributed by atoms with Crippen molar-refractivity contribution in [2.24, 2.45) is 0 Å². The molecule has 0 bridgehead atoms. The number of hydrogen-bond acceptors (Lipinski definition) is 5. The van der Waals surface area contributed by atoms with Crippen LogP contribution in [0.5, 0.6) is 0 Å². The zero-order valence-corrected chi connectivity index (χ0v) is 18.4. The average Bonchev–Trinajstić information content (AvgIpc) is 3.14. The van der Waals surface area contributed by atoms with E-state index in [0.717, 1.165) is 26.5 Å². The topological polar surface area (TPSA) is 83.5 Å². The van der Waals surface area contributed by atoms with E-state index in [2.05, 4.69) is 4.72 Å². The lowest BCUT2D eigenvalue weighted by atomic mass is 10.0. The van der Waals surface area contributed by atoms with E-state index < -0.39 is 21.2 Å². The molecule has 0 saturated carbocycles. The number of sulfonamides is 1. The number of hydrogen-bond donors (Lipinski definition) is 2. The zero-order valence-electron chi connectivity index (χ0n) is 16.0. The van der Waals surface area contributed by atoms with Gasteiger partial charge in [-0.3, -0.25) is 9.52 Å². The van der Waals surface area contributed by atoms with Gasteiger partial charge in [0.25, 0.3) is 0 Å². The molecule has 0 fully saturated rings. The molecule has 3 aromatic rings. The molecular weight excluding hydrogens is 426 g/mol. The van der Waals surface area contributed by atoms with Crippen LogP contribution in [0.15, 0.2) is 64.9 Å². The highest BCUT2D eigenvalue weighted by atomic mass is 32.2. The van der Waals surface area contributed by atoms with Crippen LogP contribution in [-0.4, -0.2) is 30.5 Å². The standard InChI is InChI=1S/C21H21NO4S3/c1-14(2)29(25,26)22-19-11-12-27-21(19)17-5-3-15(4-6-17)16-7-9-18(10-8-16)28-13-20(23)24/h3-12,14,22H,13H2,1-2H3,(H,23,24). The van der Waals surface area contributed by atoms with Gasteiger partial charge < -0.3 is 5.11 Å². The third-order valence-corrected chi connectivity index (χ3v) is 7.94. The van der Waals surface area contributed by atoms with Crippen molar-refractivity contribution in [3.05, 3.63) is 60.0 Å². The Labute approximate surface area is 178 Å². The Morgan fingerprint density at radius 3 is 2.10 bits per heavy atom. The summed E-state index contributed by atoms with van der Waals surface area (Å²) in [6, 6.07) is 17.5. The zero-order chi connectivity index (χ0) is 21.0. The van der Waals surface area contributed by atoms with Crippen molar-refractivity contribution in [3.8, 4) is 21.6 Å². The Morgan fingerprint density at radius 2 is 1.55 bits per heavy atom. The molecule has 2 N–H and O–H groups in total. The molecule has 152 valence electrons. The van der Waals surface area contributed by atoms with Gasteiger partial charge in [0.1, 0.15) is 0 Å². The highest BCUT2D eigenvalue weighted by Crippen LogP contribution is 2.36. The molecule has 0 saturated heterocycles. The van der Waals surface area contributed by atoms with Crippen LogP contribution in [-0.2, 0) is 14.8 Å². The van der Waals surface area contributed by atoms with Crippen LogP contribution in [0.4, 0.5) is 5.69 Å². The molecule has 0 spiro atoms. The number of nitrogens with one attached hydrogen (secondary N) is 1. The SMILES string of the molecule is CC(C)S(=O)(=O)Nc1ccsc1-c1ccc(-c2ccc(SCC(=O)O)cc2)cc1. The maximum atomic E-state index is 12.2. The molecule has 8 heteroatoms. The minimum atomic E-state index is -3.40.